The summed E-state index contributed by atoms with van der Waals surface area (Å²) in [6.45, 7) is 2.00. The molecule has 1 aliphatic rings. The quantitative estimate of drug-likeness (QED) is 0.635. The minimum Gasteiger partial charge on any atom is -0.393 e. The lowest BCUT2D eigenvalue weighted by molar-refractivity contribution is 0.116. The van der Waals surface area contributed by atoms with Crippen molar-refractivity contribution < 1.29 is 9.84 Å². The van der Waals surface area contributed by atoms with Gasteiger partial charge in [-0.25, -0.2) is 0 Å². The second-order valence-electron chi connectivity index (χ2n) is 4.51. The molecule has 0 atom stereocenters. The molecular formula is C12H25NO2. The van der Waals surface area contributed by atoms with Crippen molar-refractivity contribution in [2.24, 2.45) is 0 Å². The SMILES string of the molecule is COCCCCCNC1CCC(O)CC1. The number of hydrogen-bond acceptors (Lipinski definition) is 3. The van der Waals surface area contributed by atoms with E-state index in [0.29, 0.717) is 6.04 Å². The standard InChI is InChI=1S/C12H25NO2/c1-15-10-4-2-3-9-13-11-5-7-12(14)8-6-11/h11-14H,2-10H2,1H3. The molecule has 1 saturated carbocycles. The van der Waals surface area contributed by atoms with E-state index < -0.39 is 0 Å². The summed E-state index contributed by atoms with van der Waals surface area (Å²) in [5.74, 6) is 0. The summed E-state index contributed by atoms with van der Waals surface area (Å²) in [4.78, 5) is 0. The smallest absolute Gasteiger partial charge is 0.0541 e. The first-order chi connectivity index (χ1) is 7.33. The van der Waals surface area contributed by atoms with E-state index in [0.717, 1.165) is 38.8 Å². The molecule has 90 valence electrons. The molecule has 15 heavy (non-hydrogen) atoms. The lowest BCUT2D eigenvalue weighted by Gasteiger charge is -2.26. The van der Waals surface area contributed by atoms with E-state index in [1.807, 2.05) is 0 Å². The fourth-order valence-corrected chi connectivity index (χ4v) is 2.13. The summed E-state index contributed by atoms with van der Waals surface area (Å²) in [7, 11) is 1.76. The molecule has 1 rings (SSSR count). The Morgan fingerprint density at radius 1 is 1.13 bits per heavy atom. The van der Waals surface area contributed by atoms with Gasteiger partial charge >= 0.3 is 0 Å². The van der Waals surface area contributed by atoms with E-state index in [9.17, 15) is 5.11 Å². The fourth-order valence-electron chi connectivity index (χ4n) is 2.13. The molecule has 2 N–H and O–H groups in total. The molecule has 0 aliphatic heterocycles. The summed E-state index contributed by atoms with van der Waals surface area (Å²) in [5, 5.41) is 12.9. The minimum atomic E-state index is -0.0373. The third kappa shape index (κ3) is 6.13. The number of ether oxygens (including phenoxy) is 1. The van der Waals surface area contributed by atoms with Gasteiger partial charge in [-0.3, -0.25) is 0 Å². The zero-order chi connectivity index (χ0) is 10.9. The average molecular weight is 215 g/mol. The highest BCUT2D eigenvalue weighted by Crippen LogP contribution is 2.18. The third-order valence-corrected chi connectivity index (χ3v) is 3.15. The van der Waals surface area contributed by atoms with Crippen molar-refractivity contribution in [1.29, 1.82) is 0 Å². The van der Waals surface area contributed by atoms with Crippen LogP contribution in [0.5, 0.6) is 0 Å². The van der Waals surface area contributed by atoms with Gasteiger partial charge in [0.15, 0.2) is 0 Å². The predicted octanol–water partition coefficient (Wildman–Crippen LogP) is 1.70. The molecular weight excluding hydrogens is 190 g/mol. The number of nitrogens with one attached hydrogen (secondary N) is 1. The lowest BCUT2D eigenvalue weighted by Crippen LogP contribution is -2.35. The first-order valence-electron chi connectivity index (χ1n) is 6.23. The second kappa shape index (κ2) is 8.08. The van der Waals surface area contributed by atoms with Gasteiger partial charge in [-0.05, 0) is 51.5 Å². The van der Waals surface area contributed by atoms with Crippen LogP contribution in [0.15, 0.2) is 0 Å². The van der Waals surface area contributed by atoms with Gasteiger partial charge in [-0.2, -0.15) is 0 Å². The third-order valence-electron chi connectivity index (χ3n) is 3.15. The molecule has 0 aromatic rings. The van der Waals surface area contributed by atoms with Gasteiger partial charge < -0.3 is 15.2 Å². The van der Waals surface area contributed by atoms with Crippen molar-refractivity contribution in [2.45, 2.75) is 57.1 Å². The Kier molecular flexibility index (Phi) is 6.98. The molecule has 3 nitrogen and oxygen atoms in total. The second-order valence-corrected chi connectivity index (χ2v) is 4.51. The van der Waals surface area contributed by atoms with Gasteiger partial charge in [0.1, 0.15) is 0 Å². The topological polar surface area (TPSA) is 41.5 Å². The average Bonchev–Trinajstić information content (AvgIpc) is 2.26. The van der Waals surface area contributed by atoms with Gasteiger partial charge in [0.2, 0.25) is 0 Å². The summed E-state index contributed by atoms with van der Waals surface area (Å²) >= 11 is 0. The highest BCUT2D eigenvalue weighted by atomic mass is 16.5. The number of aliphatic hydroxyl groups is 1. The van der Waals surface area contributed by atoms with E-state index in [2.05, 4.69) is 5.32 Å². The molecule has 0 aromatic heterocycles. The van der Waals surface area contributed by atoms with Crippen molar-refractivity contribution in [3.8, 4) is 0 Å². The Hall–Kier alpha value is -0.120. The van der Waals surface area contributed by atoms with Crippen LogP contribution in [0.1, 0.15) is 44.9 Å². The maximum Gasteiger partial charge on any atom is 0.0541 e. The van der Waals surface area contributed by atoms with Crippen LogP contribution in [0.3, 0.4) is 0 Å². The van der Waals surface area contributed by atoms with Gasteiger partial charge in [0.25, 0.3) is 0 Å². The highest BCUT2D eigenvalue weighted by Gasteiger charge is 2.18. The summed E-state index contributed by atoms with van der Waals surface area (Å²) in [6, 6.07) is 0.649. The van der Waals surface area contributed by atoms with Gasteiger partial charge in [0.05, 0.1) is 6.10 Å². The molecule has 0 saturated heterocycles. The first-order valence-corrected chi connectivity index (χ1v) is 6.23. The Balaban J connectivity index is 1.87. The van der Waals surface area contributed by atoms with E-state index >= 15 is 0 Å². The van der Waals surface area contributed by atoms with E-state index in [1.165, 1.54) is 19.3 Å². The van der Waals surface area contributed by atoms with Gasteiger partial charge in [-0.15, -0.1) is 0 Å². The maximum atomic E-state index is 9.35. The molecule has 0 aromatic carbocycles. The Morgan fingerprint density at radius 3 is 2.53 bits per heavy atom. The van der Waals surface area contributed by atoms with Gasteiger partial charge in [0, 0.05) is 19.8 Å². The van der Waals surface area contributed by atoms with Crippen LogP contribution in [0.4, 0.5) is 0 Å². The van der Waals surface area contributed by atoms with Crippen molar-refractivity contribution >= 4 is 0 Å². The molecule has 1 aliphatic carbocycles. The van der Waals surface area contributed by atoms with E-state index in [1.54, 1.807) is 7.11 Å². The van der Waals surface area contributed by atoms with Crippen molar-refractivity contribution in [1.82, 2.24) is 5.32 Å². The summed E-state index contributed by atoms with van der Waals surface area (Å²) in [6.07, 6.45) is 7.84. The molecule has 0 radical (unpaired) electrons. The van der Waals surface area contributed by atoms with Crippen LogP contribution in [0.25, 0.3) is 0 Å². The molecule has 1 fully saturated rings. The van der Waals surface area contributed by atoms with Crippen molar-refractivity contribution in [2.75, 3.05) is 20.3 Å². The molecule has 3 heteroatoms. The van der Waals surface area contributed by atoms with Crippen LogP contribution in [0, 0.1) is 0 Å². The van der Waals surface area contributed by atoms with Crippen LogP contribution in [0.2, 0.25) is 0 Å². The predicted molar refractivity (Wildman–Crippen MR) is 62.0 cm³/mol. The van der Waals surface area contributed by atoms with E-state index in [4.69, 9.17) is 4.74 Å². The van der Waals surface area contributed by atoms with Crippen LogP contribution in [-0.2, 0) is 4.74 Å². The lowest BCUT2D eigenvalue weighted by atomic mass is 9.93. The zero-order valence-electron chi connectivity index (χ0n) is 9.87. The van der Waals surface area contributed by atoms with Crippen molar-refractivity contribution in [3.63, 3.8) is 0 Å². The van der Waals surface area contributed by atoms with Gasteiger partial charge in [-0.1, -0.05) is 0 Å². The Morgan fingerprint density at radius 2 is 1.87 bits per heavy atom. The normalized spacial score (nSPS) is 26.8. The van der Waals surface area contributed by atoms with Crippen LogP contribution >= 0.6 is 0 Å². The maximum absolute atomic E-state index is 9.35. The first kappa shape index (κ1) is 12.9. The molecule has 0 bridgehead atoms. The summed E-state index contributed by atoms with van der Waals surface area (Å²) < 4.78 is 5.00. The number of aliphatic hydroxyl groups excluding tert-OH is 1. The number of unbranched alkanes of at least 4 members (excludes halogenated alkanes) is 2. The monoisotopic (exact) mass is 215 g/mol. The molecule has 0 spiro atoms. The summed E-state index contributed by atoms with van der Waals surface area (Å²) in [5.41, 5.74) is 0. The largest absolute Gasteiger partial charge is 0.393 e. The Bertz CT molecular complexity index is 145. The van der Waals surface area contributed by atoms with E-state index in [-0.39, 0.29) is 6.10 Å². The fraction of sp³-hybridized carbons (Fsp3) is 1.00. The number of hydrogen-bond donors (Lipinski definition) is 2. The Labute approximate surface area is 93.2 Å². The minimum absolute atomic E-state index is 0.0373. The van der Waals surface area contributed by atoms with Crippen molar-refractivity contribution in [3.05, 3.63) is 0 Å². The van der Waals surface area contributed by atoms with Crippen LogP contribution in [-0.4, -0.2) is 37.5 Å². The molecule has 0 heterocycles. The molecule has 0 unspecified atom stereocenters. The number of methoxy groups -OCH3 is 1. The van der Waals surface area contributed by atoms with Crippen LogP contribution < -0.4 is 5.32 Å². The highest BCUT2D eigenvalue weighted by molar-refractivity contribution is 4.76. The molecule has 0 amide bonds. The number of rotatable bonds is 7. The zero-order valence-corrected chi connectivity index (χ0v) is 9.87.